The number of halogens is 1. The van der Waals surface area contributed by atoms with Gasteiger partial charge in [0.15, 0.2) is 0 Å². The maximum atomic E-state index is 2.36. The zero-order valence-corrected chi connectivity index (χ0v) is 28.2. The predicted octanol–water partition coefficient (Wildman–Crippen LogP) is 9.05. The molecule has 2 aromatic rings. The van der Waals surface area contributed by atoms with Crippen LogP contribution in [0.1, 0.15) is 153 Å². The SMILES string of the molecule is CCCCCCCCCCCC[N+](CCCCCCCCCCCC)(Cc1ccccc1)Cc1ccccc1.[Br-]. The average Bonchev–Trinajstić information content (AvgIpc) is 2.96. The monoisotopic (exact) mass is 613 g/mol. The molecule has 0 unspecified atom stereocenters. The largest absolute Gasteiger partial charge is 1.00 e. The summed E-state index contributed by atoms with van der Waals surface area (Å²) in [7, 11) is 0. The van der Waals surface area contributed by atoms with Crippen LogP contribution in [0, 0.1) is 0 Å². The van der Waals surface area contributed by atoms with Gasteiger partial charge in [0, 0.05) is 11.1 Å². The highest BCUT2D eigenvalue weighted by Gasteiger charge is 2.27. The molecule has 2 rings (SSSR count). The molecule has 2 aromatic carbocycles. The lowest BCUT2D eigenvalue weighted by Gasteiger charge is -2.39. The van der Waals surface area contributed by atoms with Crippen LogP contribution in [0.15, 0.2) is 60.7 Å². The van der Waals surface area contributed by atoms with Crippen LogP contribution in [-0.2, 0) is 13.1 Å². The number of quaternary nitrogens is 1. The third-order valence-corrected chi connectivity index (χ3v) is 8.69. The summed E-state index contributed by atoms with van der Waals surface area (Å²) in [5.41, 5.74) is 3.01. The number of hydrogen-bond donors (Lipinski definition) is 0. The summed E-state index contributed by atoms with van der Waals surface area (Å²) in [6, 6.07) is 22.7. The molecule has 0 amide bonds. The number of rotatable bonds is 26. The van der Waals surface area contributed by atoms with Gasteiger partial charge in [0.25, 0.3) is 0 Å². The van der Waals surface area contributed by atoms with Gasteiger partial charge < -0.3 is 21.5 Å². The minimum atomic E-state index is 0. The van der Waals surface area contributed by atoms with Crippen molar-refractivity contribution in [2.45, 2.75) is 155 Å². The second kappa shape index (κ2) is 25.6. The van der Waals surface area contributed by atoms with Crippen LogP contribution in [0.3, 0.4) is 0 Å². The van der Waals surface area contributed by atoms with E-state index in [1.54, 1.807) is 0 Å². The maximum absolute atomic E-state index is 2.36. The average molecular weight is 615 g/mol. The minimum absolute atomic E-state index is 0. The molecule has 0 aromatic heterocycles. The highest BCUT2D eigenvalue weighted by molar-refractivity contribution is 5.15. The topological polar surface area (TPSA) is 0 Å². The summed E-state index contributed by atoms with van der Waals surface area (Å²) in [6.07, 6.45) is 28.3. The van der Waals surface area contributed by atoms with E-state index in [1.165, 1.54) is 170 Å². The highest BCUT2D eigenvalue weighted by Crippen LogP contribution is 2.24. The number of benzene rings is 2. The molecular formula is C38H64BrN. The van der Waals surface area contributed by atoms with E-state index >= 15 is 0 Å². The smallest absolute Gasteiger partial charge is 0.105 e. The lowest BCUT2D eigenvalue weighted by molar-refractivity contribution is -0.954. The Hall–Kier alpha value is -1.12. The molecule has 0 saturated heterocycles. The quantitative estimate of drug-likeness (QED) is 0.0733. The molecular weight excluding hydrogens is 550 g/mol. The maximum Gasteiger partial charge on any atom is 0.105 e. The molecule has 0 heterocycles. The van der Waals surface area contributed by atoms with E-state index in [0.29, 0.717) is 0 Å². The molecule has 0 bridgehead atoms. The van der Waals surface area contributed by atoms with Crippen LogP contribution < -0.4 is 17.0 Å². The third kappa shape index (κ3) is 18.3. The molecule has 40 heavy (non-hydrogen) atoms. The van der Waals surface area contributed by atoms with Crippen molar-refractivity contribution in [1.82, 2.24) is 0 Å². The normalized spacial score (nSPS) is 11.4. The zero-order chi connectivity index (χ0) is 27.7. The van der Waals surface area contributed by atoms with E-state index in [-0.39, 0.29) is 17.0 Å². The molecule has 0 radical (unpaired) electrons. The van der Waals surface area contributed by atoms with Crippen molar-refractivity contribution in [3.05, 3.63) is 71.8 Å². The summed E-state index contributed by atoms with van der Waals surface area (Å²) < 4.78 is 1.22. The summed E-state index contributed by atoms with van der Waals surface area (Å²) in [5.74, 6) is 0. The fourth-order valence-corrected chi connectivity index (χ4v) is 6.29. The first-order chi connectivity index (χ1) is 19.3. The lowest BCUT2D eigenvalue weighted by Crippen LogP contribution is -3.00. The highest BCUT2D eigenvalue weighted by atomic mass is 79.9. The summed E-state index contributed by atoms with van der Waals surface area (Å²) in [5, 5.41) is 0. The third-order valence-electron chi connectivity index (χ3n) is 8.69. The van der Waals surface area contributed by atoms with E-state index in [1.807, 2.05) is 0 Å². The van der Waals surface area contributed by atoms with Gasteiger partial charge in [-0.2, -0.15) is 0 Å². The lowest BCUT2D eigenvalue weighted by atomic mass is 10.0. The molecule has 0 saturated carbocycles. The van der Waals surface area contributed by atoms with Crippen LogP contribution in [-0.4, -0.2) is 17.6 Å². The van der Waals surface area contributed by atoms with Gasteiger partial charge in [0.05, 0.1) is 13.1 Å². The van der Waals surface area contributed by atoms with Crippen molar-refractivity contribution < 1.29 is 21.5 Å². The molecule has 1 nitrogen and oxygen atoms in total. The molecule has 0 aliphatic carbocycles. The van der Waals surface area contributed by atoms with Gasteiger partial charge in [0.1, 0.15) is 13.1 Å². The first-order valence-electron chi connectivity index (χ1n) is 17.2. The Balaban J connectivity index is 0.00000800. The van der Waals surface area contributed by atoms with Crippen molar-refractivity contribution in [3.8, 4) is 0 Å². The van der Waals surface area contributed by atoms with E-state index in [4.69, 9.17) is 0 Å². The number of nitrogens with zero attached hydrogens (tertiary/aromatic N) is 1. The predicted molar refractivity (Wildman–Crippen MR) is 174 cm³/mol. The Morgan fingerprint density at radius 2 is 0.650 bits per heavy atom. The Kier molecular flexibility index (Phi) is 23.6. The molecule has 2 heteroatoms. The van der Waals surface area contributed by atoms with Gasteiger partial charge in [-0.1, -0.05) is 177 Å². The molecule has 0 fully saturated rings. The fraction of sp³-hybridized carbons (Fsp3) is 0.684. The molecule has 0 aliphatic rings. The van der Waals surface area contributed by atoms with Gasteiger partial charge in [-0.15, -0.1) is 0 Å². The van der Waals surface area contributed by atoms with Crippen LogP contribution in [0.4, 0.5) is 0 Å². The van der Waals surface area contributed by atoms with E-state index < -0.39 is 0 Å². The van der Waals surface area contributed by atoms with E-state index in [2.05, 4.69) is 74.5 Å². The molecule has 0 atom stereocenters. The van der Waals surface area contributed by atoms with Crippen molar-refractivity contribution in [2.75, 3.05) is 13.1 Å². The zero-order valence-electron chi connectivity index (χ0n) is 26.6. The molecule has 0 aliphatic heterocycles. The van der Waals surface area contributed by atoms with Crippen molar-refractivity contribution in [1.29, 1.82) is 0 Å². The molecule has 0 N–H and O–H groups in total. The van der Waals surface area contributed by atoms with Crippen LogP contribution in [0.25, 0.3) is 0 Å². The number of hydrogen-bond acceptors (Lipinski definition) is 0. The Morgan fingerprint density at radius 1 is 0.375 bits per heavy atom. The Bertz CT molecular complexity index is 707. The standard InChI is InChI=1S/C38H64N.BrH/c1-3-5-7-9-11-13-15-17-19-27-33-39(35-37-29-23-21-24-30-37,36-38-31-25-22-26-32-38)34-28-20-18-16-14-12-10-8-6-4-2;/h21-26,29-32H,3-20,27-28,33-36H2,1-2H3;1H/q+1;/p-1. The second-order valence-corrected chi connectivity index (χ2v) is 12.4. The summed E-state index contributed by atoms with van der Waals surface area (Å²) >= 11 is 0. The Morgan fingerprint density at radius 3 is 0.950 bits per heavy atom. The van der Waals surface area contributed by atoms with Gasteiger partial charge in [-0.05, 0) is 25.7 Å². The second-order valence-electron chi connectivity index (χ2n) is 12.4. The first-order valence-corrected chi connectivity index (χ1v) is 17.2. The summed E-state index contributed by atoms with van der Waals surface area (Å²) in [6.45, 7) is 9.60. The van der Waals surface area contributed by atoms with E-state index in [9.17, 15) is 0 Å². The first kappa shape index (κ1) is 36.9. The van der Waals surface area contributed by atoms with E-state index in [0.717, 1.165) is 0 Å². The van der Waals surface area contributed by atoms with Gasteiger partial charge in [-0.25, -0.2) is 0 Å². The fourth-order valence-electron chi connectivity index (χ4n) is 6.29. The van der Waals surface area contributed by atoms with Crippen molar-refractivity contribution in [3.63, 3.8) is 0 Å². The van der Waals surface area contributed by atoms with Crippen LogP contribution in [0.5, 0.6) is 0 Å². The molecule has 228 valence electrons. The van der Waals surface area contributed by atoms with Gasteiger partial charge in [0.2, 0.25) is 0 Å². The molecule has 0 spiro atoms. The Labute approximate surface area is 260 Å². The van der Waals surface area contributed by atoms with Gasteiger partial charge >= 0.3 is 0 Å². The van der Waals surface area contributed by atoms with Crippen LogP contribution in [0.2, 0.25) is 0 Å². The van der Waals surface area contributed by atoms with Crippen LogP contribution >= 0.6 is 0 Å². The number of unbranched alkanes of at least 4 members (excludes halogenated alkanes) is 18. The minimum Gasteiger partial charge on any atom is -1.00 e. The van der Waals surface area contributed by atoms with Gasteiger partial charge in [-0.3, -0.25) is 0 Å². The van der Waals surface area contributed by atoms with Crippen molar-refractivity contribution in [2.24, 2.45) is 0 Å². The summed E-state index contributed by atoms with van der Waals surface area (Å²) in [4.78, 5) is 0. The van der Waals surface area contributed by atoms with Crippen molar-refractivity contribution >= 4 is 0 Å².